The van der Waals surface area contributed by atoms with Crippen LogP contribution in [0.4, 0.5) is 9.59 Å². The van der Waals surface area contributed by atoms with E-state index in [1.54, 1.807) is 0 Å². The van der Waals surface area contributed by atoms with Crippen LogP contribution in [0.15, 0.2) is 0 Å². The van der Waals surface area contributed by atoms with Crippen LogP contribution in [0.5, 0.6) is 0 Å². The first-order valence-corrected chi connectivity index (χ1v) is 5.44. The third-order valence-electron chi connectivity index (χ3n) is 2.80. The van der Waals surface area contributed by atoms with Gasteiger partial charge < -0.3 is 26.0 Å². The highest BCUT2D eigenvalue weighted by atomic mass is 16.4. The first-order valence-electron chi connectivity index (χ1n) is 5.44. The van der Waals surface area contributed by atoms with Crippen LogP contribution in [-0.2, 0) is 4.79 Å². The minimum absolute atomic E-state index is 0.0914. The van der Waals surface area contributed by atoms with Gasteiger partial charge in [-0.25, -0.2) is 9.59 Å². The van der Waals surface area contributed by atoms with E-state index in [0.29, 0.717) is 19.4 Å². The van der Waals surface area contributed by atoms with Crippen molar-refractivity contribution in [3.05, 3.63) is 0 Å². The van der Waals surface area contributed by atoms with Gasteiger partial charge in [-0.2, -0.15) is 0 Å². The number of aliphatic carboxylic acids is 1. The van der Waals surface area contributed by atoms with Gasteiger partial charge in [-0.3, -0.25) is 4.79 Å². The predicted molar refractivity (Wildman–Crippen MR) is 56.0 cm³/mol. The molecule has 0 bridgehead atoms. The van der Waals surface area contributed by atoms with Crippen LogP contribution < -0.4 is 16.0 Å². The van der Waals surface area contributed by atoms with E-state index in [0.717, 1.165) is 0 Å². The number of carbonyl (C=O) groups is 3. The van der Waals surface area contributed by atoms with Crippen molar-refractivity contribution in [1.82, 2.24) is 20.9 Å². The zero-order valence-electron chi connectivity index (χ0n) is 9.10. The number of carbonyl (C=O) groups excluding carboxylic acids is 2. The number of amides is 4. The molecule has 0 saturated carbocycles. The molecule has 2 heterocycles. The van der Waals surface area contributed by atoms with Gasteiger partial charge in [0, 0.05) is 13.0 Å². The number of carboxylic acids is 1. The second kappa shape index (κ2) is 4.48. The summed E-state index contributed by atoms with van der Waals surface area (Å²) >= 11 is 0. The van der Waals surface area contributed by atoms with Gasteiger partial charge in [-0.15, -0.1) is 0 Å². The van der Waals surface area contributed by atoms with Crippen molar-refractivity contribution < 1.29 is 19.5 Å². The largest absolute Gasteiger partial charge is 0.481 e. The zero-order chi connectivity index (χ0) is 12.4. The summed E-state index contributed by atoms with van der Waals surface area (Å²) in [7, 11) is 0. The average Bonchev–Trinajstić information content (AvgIpc) is 2.69. The van der Waals surface area contributed by atoms with Gasteiger partial charge in [0.1, 0.15) is 12.3 Å². The third-order valence-corrected chi connectivity index (χ3v) is 2.80. The summed E-state index contributed by atoms with van der Waals surface area (Å²) in [5.74, 6) is -0.843. The second-order valence-electron chi connectivity index (χ2n) is 4.03. The first-order chi connectivity index (χ1) is 8.08. The minimum Gasteiger partial charge on any atom is -0.481 e. The van der Waals surface area contributed by atoms with Crippen LogP contribution in [0.3, 0.4) is 0 Å². The molecule has 8 heteroatoms. The second-order valence-corrected chi connectivity index (χ2v) is 4.03. The van der Waals surface area contributed by atoms with Crippen molar-refractivity contribution in [1.29, 1.82) is 0 Å². The molecule has 0 radical (unpaired) electrons. The molecular weight excluding hydrogens is 228 g/mol. The Balaban J connectivity index is 1.81. The molecule has 4 amide bonds. The van der Waals surface area contributed by atoms with Crippen LogP contribution in [0.25, 0.3) is 0 Å². The number of unbranched alkanes of at least 4 members (excludes halogenated alkanes) is 1. The predicted octanol–water partition coefficient (Wildman–Crippen LogP) is -0.768. The van der Waals surface area contributed by atoms with Crippen LogP contribution in [0, 0.1) is 0 Å². The summed E-state index contributed by atoms with van der Waals surface area (Å²) in [6.07, 6.45) is 0.430. The number of nitrogens with zero attached hydrogens (tertiary/aromatic N) is 1. The lowest BCUT2D eigenvalue weighted by Crippen LogP contribution is -2.43. The van der Waals surface area contributed by atoms with Gasteiger partial charge in [-0.1, -0.05) is 0 Å². The standard InChI is InChI=1S/C9H14N4O4/c14-5(15)3-1-2-4-13-7-6(11-9(13)17)10-8(16)12-7/h6-7H,1-4H2,(H,11,17)(H,14,15)(H2,10,12,16)/t6-,7-/m0/s1. The van der Waals surface area contributed by atoms with Crippen molar-refractivity contribution in [2.75, 3.05) is 6.54 Å². The van der Waals surface area contributed by atoms with Crippen molar-refractivity contribution in [3.63, 3.8) is 0 Å². The molecule has 2 rings (SSSR count). The summed E-state index contributed by atoms with van der Waals surface area (Å²) in [6.45, 7) is 0.433. The van der Waals surface area contributed by atoms with E-state index in [1.165, 1.54) is 4.90 Å². The molecule has 0 unspecified atom stereocenters. The van der Waals surface area contributed by atoms with Gasteiger partial charge in [-0.05, 0) is 12.8 Å². The molecule has 4 N–H and O–H groups in total. The van der Waals surface area contributed by atoms with E-state index in [9.17, 15) is 14.4 Å². The molecule has 2 aliphatic rings. The Bertz CT molecular complexity index is 359. The maximum atomic E-state index is 11.5. The number of nitrogens with one attached hydrogen (secondary N) is 3. The number of hydrogen-bond acceptors (Lipinski definition) is 3. The molecule has 0 aromatic heterocycles. The molecule has 0 aromatic carbocycles. The van der Waals surface area contributed by atoms with Gasteiger partial charge in [0.05, 0.1) is 0 Å². The first kappa shape index (κ1) is 11.5. The number of rotatable bonds is 5. The van der Waals surface area contributed by atoms with Gasteiger partial charge >= 0.3 is 18.0 Å². The fourth-order valence-corrected chi connectivity index (χ4v) is 1.99. The summed E-state index contributed by atoms with van der Waals surface area (Å²) < 4.78 is 0. The number of fused-ring (bicyclic) bond motifs is 1. The Morgan fingerprint density at radius 2 is 2.00 bits per heavy atom. The average molecular weight is 242 g/mol. The lowest BCUT2D eigenvalue weighted by atomic mass is 10.2. The number of carboxylic acid groups (broad SMARTS) is 1. The SMILES string of the molecule is O=C(O)CCCCN1C(=O)N[C@@H]2NC(=O)N[C@H]21. The highest BCUT2D eigenvalue weighted by molar-refractivity contribution is 5.84. The molecule has 17 heavy (non-hydrogen) atoms. The third kappa shape index (κ3) is 2.40. The Morgan fingerprint density at radius 3 is 2.71 bits per heavy atom. The summed E-state index contributed by atoms with van der Waals surface area (Å²) in [4.78, 5) is 34.4. The molecule has 2 saturated heterocycles. The van der Waals surface area contributed by atoms with Gasteiger partial charge in [0.25, 0.3) is 0 Å². The van der Waals surface area contributed by atoms with E-state index < -0.39 is 12.1 Å². The molecule has 0 aromatic rings. The summed E-state index contributed by atoms with van der Waals surface area (Å²) in [5.41, 5.74) is 0. The van der Waals surface area contributed by atoms with Gasteiger partial charge in [0.2, 0.25) is 0 Å². The van der Waals surface area contributed by atoms with Crippen LogP contribution in [0.2, 0.25) is 0 Å². The molecule has 94 valence electrons. The Labute approximate surface area is 97.3 Å². The number of hydrogen-bond donors (Lipinski definition) is 4. The minimum atomic E-state index is -0.843. The molecule has 0 aliphatic carbocycles. The molecule has 8 nitrogen and oxygen atoms in total. The fraction of sp³-hybridized carbons (Fsp3) is 0.667. The molecule has 2 fully saturated rings. The summed E-state index contributed by atoms with van der Waals surface area (Å²) in [5, 5.41) is 16.3. The lowest BCUT2D eigenvalue weighted by Gasteiger charge is -2.20. The van der Waals surface area contributed by atoms with E-state index in [-0.39, 0.29) is 24.6 Å². The Kier molecular flexibility index (Phi) is 3.03. The van der Waals surface area contributed by atoms with Crippen molar-refractivity contribution in [3.8, 4) is 0 Å². The van der Waals surface area contributed by atoms with Crippen LogP contribution >= 0.6 is 0 Å². The van der Waals surface area contributed by atoms with Crippen molar-refractivity contribution in [2.45, 2.75) is 31.6 Å². The molecule has 2 aliphatic heterocycles. The normalized spacial score (nSPS) is 26.2. The quantitative estimate of drug-likeness (QED) is 0.474. The fourth-order valence-electron chi connectivity index (χ4n) is 1.99. The highest BCUT2D eigenvalue weighted by Gasteiger charge is 2.44. The van der Waals surface area contributed by atoms with E-state index in [4.69, 9.17) is 5.11 Å². The van der Waals surface area contributed by atoms with Crippen LogP contribution in [-0.4, -0.2) is 46.9 Å². The van der Waals surface area contributed by atoms with Crippen LogP contribution in [0.1, 0.15) is 19.3 Å². The van der Waals surface area contributed by atoms with E-state index in [2.05, 4.69) is 16.0 Å². The molecule has 2 atom stereocenters. The lowest BCUT2D eigenvalue weighted by molar-refractivity contribution is -0.137. The highest BCUT2D eigenvalue weighted by Crippen LogP contribution is 2.14. The number of urea groups is 2. The monoisotopic (exact) mass is 242 g/mol. The summed E-state index contributed by atoms with van der Waals surface area (Å²) in [6, 6.07) is -0.557. The van der Waals surface area contributed by atoms with Gasteiger partial charge in [0.15, 0.2) is 0 Å². The maximum absolute atomic E-state index is 11.5. The topological polar surface area (TPSA) is 111 Å². The van der Waals surface area contributed by atoms with Crippen molar-refractivity contribution >= 4 is 18.0 Å². The van der Waals surface area contributed by atoms with Crippen molar-refractivity contribution in [2.24, 2.45) is 0 Å². The maximum Gasteiger partial charge on any atom is 0.320 e. The smallest absolute Gasteiger partial charge is 0.320 e. The molecular formula is C9H14N4O4. The van der Waals surface area contributed by atoms with E-state index in [1.807, 2.05) is 0 Å². The zero-order valence-corrected chi connectivity index (χ0v) is 9.10. The molecule has 0 spiro atoms. The Morgan fingerprint density at radius 1 is 1.24 bits per heavy atom. The Hall–Kier alpha value is -1.99. The van der Waals surface area contributed by atoms with E-state index >= 15 is 0 Å².